The predicted octanol–water partition coefficient (Wildman–Crippen LogP) is 1.91. The first-order chi connectivity index (χ1) is 18.7. The third kappa shape index (κ3) is 8.33. The van der Waals surface area contributed by atoms with Crippen molar-refractivity contribution in [2.75, 3.05) is 30.8 Å². The number of aromatic nitrogens is 1. The zero-order valence-corrected chi connectivity index (χ0v) is 22.2. The van der Waals surface area contributed by atoms with E-state index >= 15 is 0 Å². The molecule has 3 N–H and O–H groups in total. The second-order valence-electron chi connectivity index (χ2n) is 8.48. The highest BCUT2D eigenvalue weighted by molar-refractivity contribution is 7.07. The van der Waals surface area contributed by atoms with E-state index in [2.05, 4.69) is 10.6 Å². The number of nitriles is 1. The lowest BCUT2D eigenvalue weighted by molar-refractivity contribution is -0.117. The Balaban J connectivity index is 1.75. The Bertz CT molecular complexity index is 1530. The number of carbonyl (C=O) groups excluding carboxylic acids is 2. The fourth-order valence-electron chi connectivity index (χ4n) is 3.68. The van der Waals surface area contributed by atoms with E-state index in [0.29, 0.717) is 17.9 Å². The molecule has 0 radical (unpaired) electrons. The molecular formula is C27H28F2N6O3S. The van der Waals surface area contributed by atoms with Crippen molar-refractivity contribution >= 4 is 46.3 Å². The number of nitrogens with zero attached hydrogens (tertiary/aromatic N) is 3. The molecule has 0 bridgehead atoms. The summed E-state index contributed by atoms with van der Waals surface area (Å²) in [7, 11) is 1.86. The van der Waals surface area contributed by atoms with Crippen molar-refractivity contribution in [1.29, 1.82) is 5.26 Å². The molecule has 0 aliphatic heterocycles. The Morgan fingerprint density at radius 3 is 2.54 bits per heavy atom. The van der Waals surface area contributed by atoms with Crippen molar-refractivity contribution in [3.8, 4) is 6.07 Å². The Morgan fingerprint density at radius 2 is 1.87 bits per heavy atom. The van der Waals surface area contributed by atoms with E-state index in [4.69, 9.17) is 0 Å². The molecule has 0 atom stereocenters. The van der Waals surface area contributed by atoms with Crippen molar-refractivity contribution in [2.45, 2.75) is 26.4 Å². The van der Waals surface area contributed by atoms with Gasteiger partial charge in [0.1, 0.15) is 15.3 Å². The lowest BCUT2D eigenvalue weighted by Gasteiger charge is -2.16. The zero-order valence-electron chi connectivity index (χ0n) is 21.4. The van der Waals surface area contributed by atoms with Crippen LogP contribution in [0.5, 0.6) is 0 Å². The number of likely N-dealkylation sites (N-methyl/N-ethyl adjacent to an activating group) is 1. The monoisotopic (exact) mass is 554 g/mol. The first-order valence-corrected chi connectivity index (χ1v) is 12.8. The van der Waals surface area contributed by atoms with Gasteiger partial charge in [0.25, 0.3) is 17.9 Å². The molecule has 9 nitrogen and oxygen atoms in total. The van der Waals surface area contributed by atoms with Crippen molar-refractivity contribution < 1.29 is 18.4 Å². The molecule has 0 saturated heterocycles. The smallest absolute Gasteiger partial charge is 0.270 e. The maximum absolute atomic E-state index is 12.9. The molecule has 3 rings (SSSR count). The van der Waals surface area contributed by atoms with E-state index in [9.17, 15) is 28.4 Å². The molecule has 1 aromatic heterocycles. The number of nitrogens with one attached hydrogen (secondary N) is 3. The summed E-state index contributed by atoms with van der Waals surface area (Å²) in [6.45, 7) is 1.76. The lowest BCUT2D eigenvalue weighted by Crippen LogP contribution is -2.35. The fourth-order valence-corrected chi connectivity index (χ4v) is 4.77. The number of hydrogen-bond donors (Lipinski definition) is 3. The molecular weight excluding hydrogens is 526 g/mol. The van der Waals surface area contributed by atoms with Crippen LogP contribution in [0.4, 0.5) is 20.2 Å². The van der Waals surface area contributed by atoms with Crippen LogP contribution in [-0.4, -0.2) is 47.8 Å². The van der Waals surface area contributed by atoms with Crippen molar-refractivity contribution in [1.82, 2.24) is 14.8 Å². The van der Waals surface area contributed by atoms with Gasteiger partial charge in [0, 0.05) is 30.7 Å². The minimum Gasteiger partial charge on any atom is -0.360 e. The Kier molecular flexibility index (Phi) is 10.5. The number of alkyl halides is 2. The van der Waals surface area contributed by atoms with Gasteiger partial charge >= 0.3 is 0 Å². The predicted molar refractivity (Wildman–Crippen MR) is 147 cm³/mol. The van der Waals surface area contributed by atoms with Crippen LogP contribution in [-0.2, 0) is 22.7 Å². The van der Waals surface area contributed by atoms with Crippen LogP contribution in [0.1, 0.15) is 12.5 Å². The van der Waals surface area contributed by atoms with Gasteiger partial charge in [-0.1, -0.05) is 36.4 Å². The molecule has 0 aliphatic carbocycles. The van der Waals surface area contributed by atoms with Crippen LogP contribution >= 0.6 is 11.3 Å². The van der Waals surface area contributed by atoms with Gasteiger partial charge in [-0.25, -0.2) is 8.78 Å². The van der Waals surface area contributed by atoms with Gasteiger partial charge in [-0.2, -0.15) is 5.26 Å². The number of anilines is 2. The summed E-state index contributed by atoms with van der Waals surface area (Å²) in [5, 5.41) is 17.3. The molecule has 0 aliphatic rings. The molecule has 204 valence electrons. The van der Waals surface area contributed by atoms with Crippen LogP contribution < -0.4 is 30.7 Å². The van der Waals surface area contributed by atoms with Crippen molar-refractivity contribution in [3.63, 3.8) is 0 Å². The molecule has 0 spiro atoms. The first kappa shape index (κ1) is 29.2. The summed E-state index contributed by atoms with van der Waals surface area (Å²) in [6, 6.07) is 18.4. The summed E-state index contributed by atoms with van der Waals surface area (Å²) in [5.41, 5.74) is 1.38. The summed E-state index contributed by atoms with van der Waals surface area (Å²) in [6.07, 6.45) is -1.34. The van der Waals surface area contributed by atoms with Crippen LogP contribution in [0, 0.1) is 11.3 Å². The minimum absolute atomic E-state index is 0.0745. The maximum atomic E-state index is 12.9. The van der Waals surface area contributed by atoms with Gasteiger partial charge in [0.2, 0.25) is 5.91 Å². The highest BCUT2D eigenvalue weighted by Gasteiger charge is 2.16. The number of thiazole rings is 1. The molecule has 0 saturated carbocycles. The molecule has 39 heavy (non-hydrogen) atoms. The van der Waals surface area contributed by atoms with Crippen LogP contribution in [0.15, 0.2) is 59.4 Å². The number of halogens is 2. The van der Waals surface area contributed by atoms with Gasteiger partial charge in [-0.3, -0.25) is 23.9 Å². The Morgan fingerprint density at radius 1 is 1.15 bits per heavy atom. The number of amides is 2. The largest absolute Gasteiger partial charge is 0.360 e. The summed E-state index contributed by atoms with van der Waals surface area (Å²) < 4.78 is 26.5. The average molecular weight is 555 g/mol. The molecule has 2 amide bonds. The first-order valence-electron chi connectivity index (χ1n) is 12.0. The fraction of sp³-hybridized carbons (Fsp3) is 0.259. The topological polar surface area (TPSA) is 119 Å². The number of rotatable bonds is 11. The minimum atomic E-state index is -2.77. The number of hydrogen-bond acceptors (Lipinski definition) is 7. The normalized spacial score (nSPS) is 12.3. The molecule has 3 aromatic rings. The van der Waals surface area contributed by atoms with Crippen LogP contribution in [0.25, 0.3) is 11.8 Å². The summed E-state index contributed by atoms with van der Waals surface area (Å²) in [5.74, 6) is -1.16. The molecule has 0 unspecified atom stereocenters. The van der Waals surface area contributed by atoms with Gasteiger partial charge < -0.3 is 16.0 Å². The van der Waals surface area contributed by atoms with Crippen molar-refractivity contribution in [2.24, 2.45) is 0 Å². The van der Waals surface area contributed by atoms with Gasteiger partial charge in [0.05, 0.1) is 13.1 Å². The molecule has 1 heterocycles. The molecule has 12 heteroatoms. The second-order valence-corrected chi connectivity index (χ2v) is 9.51. The third-order valence-electron chi connectivity index (χ3n) is 5.42. The van der Waals surface area contributed by atoms with Gasteiger partial charge in [-0.05, 0) is 37.7 Å². The average Bonchev–Trinajstić information content (AvgIpc) is 3.21. The quantitative estimate of drug-likeness (QED) is 0.333. The third-order valence-corrected chi connectivity index (χ3v) is 6.55. The highest BCUT2D eigenvalue weighted by Crippen LogP contribution is 2.15. The Hall–Kier alpha value is -4.34. The summed E-state index contributed by atoms with van der Waals surface area (Å²) >= 11 is 0.897. The SMILES string of the molecule is CCn1c(=C(C#N)C(=O)NCC(F)F)sc(=CNc2cccc(NC(=O)CN(C)Cc3ccccc3)c2)c1=O. The Labute approximate surface area is 227 Å². The highest BCUT2D eigenvalue weighted by atomic mass is 32.1. The van der Waals surface area contributed by atoms with E-state index in [0.717, 1.165) is 16.9 Å². The van der Waals surface area contributed by atoms with Crippen LogP contribution in [0.3, 0.4) is 0 Å². The standard InChI is InChI=1S/C27H28F2N6O3S/c1-3-35-26(38)22(39-27(35)21(13-30)25(37)32-15-23(28)29)14-31-19-10-7-11-20(12-19)33-24(36)17-34(2)16-18-8-5-4-6-9-18/h4-12,14,23,31H,3,15-17H2,1-2H3,(H,32,37)(H,33,36). The van der Waals surface area contributed by atoms with E-state index in [-0.39, 0.29) is 28.2 Å². The summed E-state index contributed by atoms with van der Waals surface area (Å²) in [4.78, 5) is 39.5. The molecule has 2 aromatic carbocycles. The van der Waals surface area contributed by atoms with E-state index in [1.165, 1.54) is 10.8 Å². The number of carbonyl (C=O) groups is 2. The second kappa shape index (κ2) is 14.0. The number of benzene rings is 2. The van der Waals surface area contributed by atoms with Crippen molar-refractivity contribution in [3.05, 3.63) is 79.7 Å². The van der Waals surface area contributed by atoms with E-state index in [1.807, 2.05) is 47.6 Å². The zero-order chi connectivity index (χ0) is 28.4. The van der Waals surface area contributed by atoms with E-state index < -0.39 is 30.0 Å². The van der Waals surface area contributed by atoms with E-state index in [1.54, 1.807) is 37.3 Å². The lowest BCUT2D eigenvalue weighted by atomic mass is 10.2. The van der Waals surface area contributed by atoms with Gasteiger partial charge in [-0.15, -0.1) is 11.3 Å². The van der Waals surface area contributed by atoms with Crippen LogP contribution in [0.2, 0.25) is 0 Å². The molecule has 0 fully saturated rings. The van der Waals surface area contributed by atoms with Gasteiger partial charge in [0.15, 0.2) is 5.57 Å². The maximum Gasteiger partial charge on any atom is 0.270 e.